The summed E-state index contributed by atoms with van der Waals surface area (Å²) in [6, 6.07) is 17.3. The van der Waals surface area contributed by atoms with E-state index in [9.17, 15) is 14.1 Å². The van der Waals surface area contributed by atoms with E-state index in [1.54, 1.807) is 12.1 Å². The molecule has 1 atom stereocenters. The molecule has 1 N–H and O–H groups in total. The molecule has 1 heterocycles. The highest BCUT2D eigenvalue weighted by molar-refractivity contribution is 7.80. The first kappa shape index (κ1) is 19.1. The van der Waals surface area contributed by atoms with E-state index in [0.29, 0.717) is 4.90 Å². The number of aromatic nitrogens is 1. The van der Waals surface area contributed by atoms with Gasteiger partial charge in [-0.2, -0.15) is 0 Å². The van der Waals surface area contributed by atoms with Gasteiger partial charge in [0.05, 0.1) is 24.1 Å². The molecule has 2 aromatic carbocycles. The summed E-state index contributed by atoms with van der Waals surface area (Å²) in [5.41, 5.74) is 5.58. The molecule has 3 rings (SSSR count). The van der Waals surface area contributed by atoms with Crippen LogP contribution >= 0.6 is 0 Å². The van der Waals surface area contributed by atoms with Gasteiger partial charge in [0.25, 0.3) is 0 Å². The molecular weight excluding hydrogens is 362 g/mol. The molecule has 0 saturated carbocycles. The lowest BCUT2D eigenvalue weighted by Gasteiger charge is -2.13. The molecule has 0 fully saturated rings. The fraction of sp³-hybridized carbons (Fsp3) is 0.190. The number of benzene rings is 2. The molecule has 0 aliphatic heterocycles. The van der Waals surface area contributed by atoms with E-state index < -0.39 is 17.0 Å². The van der Waals surface area contributed by atoms with Crippen molar-refractivity contribution in [3.8, 4) is 16.9 Å². The van der Waals surface area contributed by atoms with Crippen LogP contribution in [0.1, 0.15) is 16.8 Å². The molecule has 0 saturated heterocycles. The van der Waals surface area contributed by atoms with Gasteiger partial charge in [-0.15, -0.1) is 0 Å². The van der Waals surface area contributed by atoms with Crippen LogP contribution in [0.5, 0.6) is 0 Å². The van der Waals surface area contributed by atoms with Crippen molar-refractivity contribution in [3.05, 3.63) is 71.4 Å². The number of carboxylic acid groups (broad SMARTS) is 1. The van der Waals surface area contributed by atoms with Crippen LogP contribution in [-0.2, 0) is 26.5 Å². The molecule has 5 nitrogen and oxygen atoms in total. The van der Waals surface area contributed by atoms with Crippen molar-refractivity contribution in [2.45, 2.75) is 25.2 Å². The van der Waals surface area contributed by atoms with E-state index in [2.05, 4.69) is 4.57 Å². The lowest BCUT2D eigenvalue weighted by atomic mass is 10.1. The van der Waals surface area contributed by atoms with E-state index in [-0.39, 0.29) is 6.42 Å². The van der Waals surface area contributed by atoms with Gasteiger partial charge < -0.3 is 9.67 Å². The predicted octanol–water partition coefficient (Wildman–Crippen LogP) is 4.06. The number of aliphatic carboxylic acids is 1. The van der Waals surface area contributed by atoms with Crippen LogP contribution in [0.15, 0.2) is 59.5 Å². The number of rotatable bonds is 6. The van der Waals surface area contributed by atoms with Gasteiger partial charge in [-0.05, 0) is 55.3 Å². The van der Waals surface area contributed by atoms with Crippen LogP contribution in [0, 0.1) is 13.8 Å². The molecule has 140 valence electrons. The summed E-state index contributed by atoms with van der Waals surface area (Å²) < 4.78 is 18.7. The van der Waals surface area contributed by atoms with Crippen molar-refractivity contribution >= 4 is 17.0 Å². The maximum Gasteiger partial charge on any atom is 0.307 e. The largest absolute Gasteiger partial charge is 0.481 e. The SMILES string of the molecule is COS(=O)c1ccc(-c2cc(CC(=O)O)c(C)n2-c2ccc(C)cc2)cc1. The monoisotopic (exact) mass is 383 g/mol. The average Bonchev–Trinajstić information content (AvgIpc) is 2.97. The highest BCUT2D eigenvalue weighted by Gasteiger charge is 2.17. The minimum atomic E-state index is -1.49. The Bertz CT molecular complexity index is 988. The van der Waals surface area contributed by atoms with Crippen molar-refractivity contribution in [1.82, 2.24) is 4.57 Å². The van der Waals surface area contributed by atoms with Crippen LogP contribution in [-0.4, -0.2) is 27.0 Å². The van der Waals surface area contributed by atoms with Gasteiger partial charge in [-0.1, -0.05) is 29.8 Å². The summed E-state index contributed by atoms with van der Waals surface area (Å²) in [7, 11) is 1.40. The number of carboxylic acids is 1. The summed E-state index contributed by atoms with van der Waals surface area (Å²) in [6.07, 6.45) is -0.0382. The van der Waals surface area contributed by atoms with Gasteiger partial charge in [0.2, 0.25) is 0 Å². The highest BCUT2D eigenvalue weighted by Crippen LogP contribution is 2.30. The van der Waals surface area contributed by atoms with E-state index in [1.165, 1.54) is 7.11 Å². The first-order valence-electron chi connectivity index (χ1n) is 8.47. The van der Waals surface area contributed by atoms with Crippen LogP contribution in [0.3, 0.4) is 0 Å². The van der Waals surface area contributed by atoms with Crippen molar-refractivity contribution in [2.75, 3.05) is 7.11 Å². The summed E-state index contributed by atoms with van der Waals surface area (Å²) in [5, 5.41) is 9.24. The third kappa shape index (κ3) is 4.02. The normalized spacial score (nSPS) is 12.1. The molecule has 3 aromatic rings. The van der Waals surface area contributed by atoms with Crippen LogP contribution in [0.4, 0.5) is 0 Å². The first-order chi connectivity index (χ1) is 12.9. The standard InChI is InChI=1S/C21H21NO4S/c1-14-4-8-18(9-5-14)22-15(2)17(13-21(23)24)12-20(22)16-6-10-19(11-7-16)27(25)26-3/h4-12H,13H2,1-3H3,(H,23,24). The Morgan fingerprint density at radius 3 is 2.26 bits per heavy atom. The number of aryl methyl sites for hydroxylation is 1. The summed E-state index contributed by atoms with van der Waals surface area (Å²) >= 11 is -1.49. The van der Waals surface area contributed by atoms with Crippen LogP contribution in [0.25, 0.3) is 16.9 Å². The predicted molar refractivity (Wildman–Crippen MR) is 105 cm³/mol. The third-order valence-electron chi connectivity index (χ3n) is 4.48. The van der Waals surface area contributed by atoms with Crippen molar-refractivity contribution in [1.29, 1.82) is 0 Å². The number of nitrogens with zero attached hydrogens (tertiary/aromatic N) is 1. The molecule has 0 aliphatic carbocycles. The molecule has 0 amide bonds. The van der Waals surface area contributed by atoms with Gasteiger partial charge in [-0.3, -0.25) is 8.98 Å². The Morgan fingerprint density at radius 1 is 1.07 bits per heavy atom. The maximum absolute atomic E-state index is 11.8. The van der Waals surface area contributed by atoms with Gasteiger partial charge in [0.1, 0.15) is 0 Å². The molecule has 0 radical (unpaired) electrons. The molecule has 6 heteroatoms. The quantitative estimate of drug-likeness (QED) is 0.697. The first-order valence-corrected chi connectivity index (χ1v) is 9.55. The summed E-state index contributed by atoms with van der Waals surface area (Å²) in [4.78, 5) is 11.8. The average molecular weight is 383 g/mol. The van der Waals surface area contributed by atoms with Crippen molar-refractivity contribution in [3.63, 3.8) is 0 Å². The number of hydrogen-bond donors (Lipinski definition) is 1. The highest BCUT2D eigenvalue weighted by atomic mass is 32.2. The topological polar surface area (TPSA) is 68.5 Å². The van der Waals surface area contributed by atoms with Crippen molar-refractivity contribution < 1.29 is 18.3 Å². The second-order valence-electron chi connectivity index (χ2n) is 6.31. The molecular formula is C21H21NO4S. The fourth-order valence-electron chi connectivity index (χ4n) is 3.07. The van der Waals surface area contributed by atoms with E-state index in [0.717, 1.165) is 33.8 Å². The van der Waals surface area contributed by atoms with Crippen LogP contribution in [0.2, 0.25) is 0 Å². The summed E-state index contributed by atoms with van der Waals surface area (Å²) in [5.74, 6) is -0.864. The van der Waals surface area contributed by atoms with Gasteiger partial charge >= 0.3 is 5.97 Å². The van der Waals surface area contributed by atoms with E-state index in [4.69, 9.17) is 4.18 Å². The zero-order chi connectivity index (χ0) is 19.6. The zero-order valence-corrected chi connectivity index (χ0v) is 16.2. The minimum absolute atomic E-state index is 0.0382. The minimum Gasteiger partial charge on any atom is -0.481 e. The Labute approximate surface area is 160 Å². The third-order valence-corrected chi connectivity index (χ3v) is 5.44. The summed E-state index contributed by atoms with van der Waals surface area (Å²) in [6.45, 7) is 3.95. The van der Waals surface area contributed by atoms with E-state index >= 15 is 0 Å². The number of carbonyl (C=O) groups is 1. The molecule has 0 spiro atoms. The molecule has 1 unspecified atom stereocenters. The zero-order valence-electron chi connectivity index (χ0n) is 15.4. The van der Waals surface area contributed by atoms with E-state index in [1.807, 2.05) is 56.3 Å². The lowest BCUT2D eigenvalue weighted by molar-refractivity contribution is -0.136. The Kier molecular flexibility index (Phi) is 5.58. The molecule has 27 heavy (non-hydrogen) atoms. The Balaban J connectivity index is 2.14. The molecule has 1 aromatic heterocycles. The smallest absolute Gasteiger partial charge is 0.307 e. The number of hydrogen-bond acceptors (Lipinski definition) is 3. The van der Waals surface area contributed by atoms with Gasteiger partial charge in [-0.25, -0.2) is 4.21 Å². The Morgan fingerprint density at radius 2 is 1.70 bits per heavy atom. The van der Waals surface area contributed by atoms with Gasteiger partial charge in [0.15, 0.2) is 11.1 Å². The molecule has 0 aliphatic rings. The maximum atomic E-state index is 11.8. The second kappa shape index (κ2) is 7.90. The van der Waals surface area contributed by atoms with Crippen molar-refractivity contribution in [2.24, 2.45) is 0 Å². The second-order valence-corrected chi connectivity index (χ2v) is 7.58. The lowest BCUT2D eigenvalue weighted by Crippen LogP contribution is -2.03. The van der Waals surface area contributed by atoms with Crippen LogP contribution < -0.4 is 0 Å². The molecule has 0 bridgehead atoms. The van der Waals surface area contributed by atoms with Gasteiger partial charge in [0, 0.05) is 11.4 Å². The Hall–Kier alpha value is -2.70. The fourth-order valence-corrected chi connectivity index (χ4v) is 3.62.